The molecule has 0 saturated carbocycles. The van der Waals surface area contributed by atoms with Gasteiger partial charge in [-0.2, -0.15) is 0 Å². The van der Waals surface area contributed by atoms with Gasteiger partial charge in [0.25, 0.3) is 0 Å². The summed E-state index contributed by atoms with van der Waals surface area (Å²) in [7, 11) is 0. The van der Waals surface area contributed by atoms with E-state index in [0.29, 0.717) is 18.5 Å². The lowest BCUT2D eigenvalue weighted by Crippen LogP contribution is -2.44. The summed E-state index contributed by atoms with van der Waals surface area (Å²) >= 11 is 0. The van der Waals surface area contributed by atoms with Crippen molar-refractivity contribution in [3.05, 3.63) is 65.7 Å². The van der Waals surface area contributed by atoms with Gasteiger partial charge in [-0.3, -0.25) is 4.90 Å². The molecule has 0 radical (unpaired) electrons. The Morgan fingerprint density at radius 1 is 1.12 bits per heavy atom. The van der Waals surface area contributed by atoms with E-state index in [9.17, 15) is 15.0 Å². The molecule has 3 atom stereocenters. The van der Waals surface area contributed by atoms with E-state index in [2.05, 4.69) is 0 Å². The molecule has 126 valence electrons. The van der Waals surface area contributed by atoms with Gasteiger partial charge < -0.3 is 15.9 Å². The van der Waals surface area contributed by atoms with Crippen molar-refractivity contribution in [2.75, 3.05) is 5.73 Å². The highest BCUT2D eigenvalue weighted by molar-refractivity contribution is 5.66. The molecule has 0 aromatic heterocycles. The molecule has 1 aliphatic heterocycles. The third-order valence-corrected chi connectivity index (χ3v) is 4.72. The summed E-state index contributed by atoms with van der Waals surface area (Å²) in [5.74, 6) is 0. The summed E-state index contributed by atoms with van der Waals surface area (Å²) in [4.78, 5) is 13.2. The average Bonchev–Trinajstić information content (AvgIpc) is 3.01. The fraction of sp³-hybridized carbons (Fsp3) is 0.316. The second-order valence-electron chi connectivity index (χ2n) is 6.29. The van der Waals surface area contributed by atoms with Crippen LogP contribution in [0.4, 0.5) is 10.5 Å². The summed E-state index contributed by atoms with van der Waals surface area (Å²) < 4.78 is 0. The van der Waals surface area contributed by atoms with Crippen LogP contribution in [0, 0.1) is 0 Å². The maximum Gasteiger partial charge on any atom is 0.407 e. The molecule has 3 rings (SSSR count). The van der Waals surface area contributed by atoms with Crippen molar-refractivity contribution in [2.24, 2.45) is 0 Å². The number of nitrogen functional groups attached to an aromatic ring is 1. The molecular formula is C19H22N2O3. The van der Waals surface area contributed by atoms with Gasteiger partial charge in [0.1, 0.15) is 0 Å². The van der Waals surface area contributed by atoms with Crippen LogP contribution < -0.4 is 5.73 Å². The number of hydrogen-bond donors (Lipinski definition) is 3. The monoisotopic (exact) mass is 326 g/mol. The smallest absolute Gasteiger partial charge is 0.407 e. The number of aliphatic hydroxyl groups is 1. The maximum atomic E-state index is 11.8. The Balaban J connectivity index is 1.78. The Kier molecular flexibility index (Phi) is 4.71. The first-order chi connectivity index (χ1) is 11.6. The molecule has 0 aliphatic carbocycles. The largest absolute Gasteiger partial charge is 0.465 e. The van der Waals surface area contributed by atoms with E-state index in [-0.39, 0.29) is 6.04 Å². The van der Waals surface area contributed by atoms with Crippen molar-refractivity contribution in [2.45, 2.75) is 37.5 Å². The number of carbonyl (C=O) groups is 1. The van der Waals surface area contributed by atoms with Crippen LogP contribution in [-0.4, -0.2) is 33.3 Å². The van der Waals surface area contributed by atoms with E-state index in [1.807, 2.05) is 54.6 Å². The zero-order valence-electron chi connectivity index (χ0n) is 13.4. The molecule has 5 heteroatoms. The molecule has 0 unspecified atom stereocenters. The van der Waals surface area contributed by atoms with Gasteiger partial charge in [-0.15, -0.1) is 0 Å². The molecule has 24 heavy (non-hydrogen) atoms. The summed E-state index contributed by atoms with van der Waals surface area (Å²) in [5, 5.41) is 20.3. The SMILES string of the molecule is Nc1ccc(C[C@@H]2CC[C@H]([C@H](O)c3ccccc3)N2C(=O)O)cc1. The van der Waals surface area contributed by atoms with Gasteiger partial charge in [-0.25, -0.2) is 4.79 Å². The third-order valence-electron chi connectivity index (χ3n) is 4.72. The van der Waals surface area contributed by atoms with Crippen LogP contribution in [0.3, 0.4) is 0 Å². The van der Waals surface area contributed by atoms with E-state index in [1.54, 1.807) is 0 Å². The molecule has 1 amide bonds. The molecule has 4 N–H and O–H groups in total. The third kappa shape index (κ3) is 3.36. The standard InChI is InChI=1S/C19H22N2O3/c20-15-8-6-13(7-9-15)12-16-10-11-17(21(16)19(23)24)18(22)14-4-2-1-3-5-14/h1-9,16-18,22H,10-12,20H2,(H,23,24)/t16-,17+,18+/m0/s1. The second kappa shape index (κ2) is 6.93. The fourth-order valence-corrected chi connectivity index (χ4v) is 3.52. The van der Waals surface area contributed by atoms with Gasteiger partial charge in [0.15, 0.2) is 0 Å². The van der Waals surface area contributed by atoms with Crippen molar-refractivity contribution in [3.8, 4) is 0 Å². The van der Waals surface area contributed by atoms with E-state index in [4.69, 9.17) is 5.73 Å². The molecule has 2 aromatic carbocycles. The highest BCUT2D eigenvalue weighted by atomic mass is 16.4. The number of benzene rings is 2. The molecule has 0 bridgehead atoms. The second-order valence-corrected chi connectivity index (χ2v) is 6.29. The molecule has 2 aromatic rings. The van der Waals surface area contributed by atoms with Crippen molar-refractivity contribution < 1.29 is 15.0 Å². The van der Waals surface area contributed by atoms with Crippen LogP contribution >= 0.6 is 0 Å². The number of amides is 1. The minimum absolute atomic E-state index is 0.130. The first-order valence-electron chi connectivity index (χ1n) is 8.15. The lowest BCUT2D eigenvalue weighted by atomic mass is 10.0. The van der Waals surface area contributed by atoms with Crippen LogP contribution in [0.1, 0.15) is 30.1 Å². The zero-order valence-corrected chi connectivity index (χ0v) is 13.4. The number of aliphatic hydroxyl groups excluding tert-OH is 1. The van der Waals surface area contributed by atoms with Crippen LogP contribution in [0.5, 0.6) is 0 Å². The number of hydrogen-bond acceptors (Lipinski definition) is 3. The van der Waals surface area contributed by atoms with Crippen molar-refractivity contribution >= 4 is 11.8 Å². The van der Waals surface area contributed by atoms with Gasteiger partial charge >= 0.3 is 6.09 Å². The normalized spacial score (nSPS) is 21.6. The minimum Gasteiger partial charge on any atom is -0.465 e. The van der Waals surface area contributed by atoms with Gasteiger partial charge in [0.2, 0.25) is 0 Å². The zero-order chi connectivity index (χ0) is 17.1. The lowest BCUT2D eigenvalue weighted by Gasteiger charge is -2.31. The Bertz CT molecular complexity index is 688. The molecule has 1 heterocycles. The fourth-order valence-electron chi connectivity index (χ4n) is 3.52. The van der Waals surface area contributed by atoms with Crippen molar-refractivity contribution in [3.63, 3.8) is 0 Å². The van der Waals surface area contributed by atoms with Crippen LogP contribution in [0.25, 0.3) is 0 Å². The minimum atomic E-state index is -0.979. The Labute approximate surface area is 141 Å². The Morgan fingerprint density at radius 3 is 2.42 bits per heavy atom. The van der Waals surface area contributed by atoms with Crippen LogP contribution in [0.2, 0.25) is 0 Å². The Hall–Kier alpha value is -2.53. The molecule has 1 saturated heterocycles. The van der Waals surface area contributed by atoms with Crippen molar-refractivity contribution in [1.82, 2.24) is 4.90 Å². The van der Waals surface area contributed by atoms with Gasteiger partial charge in [0.05, 0.1) is 12.1 Å². The number of rotatable bonds is 4. The molecule has 5 nitrogen and oxygen atoms in total. The van der Waals surface area contributed by atoms with E-state index < -0.39 is 18.2 Å². The summed E-state index contributed by atoms with van der Waals surface area (Å²) in [6, 6.07) is 16.2. The quantitative estimate of drug-likeness (QED) is 0.754. The maximum absolute atomic E-state index is 11.8. The van der Waals surface area contributed by atoms with E-state index >= 15 is 0 Å². The first-order valence-corrected chi connectivity index (χ1v) is 8.15. The predicted molar refractivity (Wildman–Crippen MR) is 92.6 cm³/mol. The van der Waals surface area contributed by atoms with Crippen molar-refractivity contribution in [1.29, 1.82) is 0 Å². The van der Waals surface area contributed by atoms with E-state index in [0.717, 1.165) is 17.5 Å². The number of carboxylic acid groups (broad SMARTS) is 1. The topological polar surface area (TPSA) is 86.8 Å². The van der Waals surface area contributed by atoms with Crippen LogP contribution in [0.15, 0.2) is 54.6 Å². The highest BCUT2D eigenvalue weighted by Gasteiger charge is 2.41. The predicted octanol–water partition coefficient (Wildman–Crippen LogP) is 3.06. The molecule has 1 aliphatic rings. The highest BCUT2D eigenvalue weighted by Crippen LogP contribution is 2.34. The summed E-state index contributed by atoms with van der Waals surface area (Å²) in [6.07, 6.45) is 0.240. The number of nitrogens with zero attached hydrogens (tertiary/aromatic N) is 1. The molecular weight excluding hydrogens is 304 g/mol. The van der Waals surface area contributed by atoms with Gasteiger partial charge in [0, 0.05) is 11.7 Å². The summed E-state index contributed by atoms with van der Waals surface area (Å²) in [5.41, 5.74) is 8.19. The first kappa shape index (κ1) is 16.3. The summed E-state index contributed by atoms with van der Waals surface area (Å²) in [6.45, 7) is 0. The number of anilines is 1. The van der Waals surface area contributed by atoms with Crippen LogP contribution in [-0.2, 0) is 6.42 Å². The molecule has 0 spiro atoms. The van der Waals surface area contributed by atoms with Gasteiger partial charge in [-0.1, -0.05) is 42.5 Å². The number of likely N-dealkylation sites (tertiary alicyclic amines) is 1. The molecule has 1 fully saturated rings. The van der Waals surface area contributed by atoms with Gasteiger partial charge in [-0.05, 0) is 42.5 Å². The van der Waals surface area contributed by atoms with E-state index in [1.165, 1.54) is 4.90 Å². The Morgan fingerprint density at radius 2 is 1.79 bits per heavy atom. The average molecular weight is 326 g/mol. The number of nitrogens with two attached hydrogens (primary N) is 1. The lowest BCUT2D eigenvalue weighted by molar-refractivity contribution is 0.0540.